The molecule has 2 aliphatic rings. The molecule has 1 aromatic carbocycles. The maximum atomic E-state index is 13.0. The standard InChI is InChI=1S/C23H25N3O2S/c1-15-14-17-4-2-3-5-19(17)26(15)21-9-8-20(29-21)23(28)25-12-10-16(11-13-25)22(27)24-18-6-7-18/h2-5,8-9,14,16,18H,6-7,10-13H2,1H3,(H,24,27). The van der Waals surface area contributed by atoms with Crippen molar-refractivity contribution in [2.45, 2.75) is 38.6 Å². The van der Waals surface area contributed by atoms with E-state index in [2.05, 4.69) is 35.0 Å². The van der Waals surface area contributed by atoms with Gasteiger partial charge in [0.1, 0.15) is 5.00 Å². The Balaban J connectivity index is 1.29. The van der Waals surface area contributed by atoms with Crippen molar-refractivity contribution >= 4 is 34.1 Å². The van der Waals surface area contributed by atoms with Crippen molar-refractivity contribution in [3.63, 3.8) is 0 Å². The molecule has 0 atom stereocenters. The van der Waals surface area contributed by atoms with Crippen LogP contribution in [0.4, 0.5) is 0 Å². The van der Waals surface area contributed by atoms with Crippen molar-refractivity contribution in [2.24, 2.45) is 5.92 Å². The van der Waals surface area contributed by atoms with Gasteiger partial charge in [-0.05, 0) is 56.9 Å². The van der Waals surface area contributed by atoms with Crippen LogP contribution in [0.1, 0.15) is 41.0 Å². The summed E-state index contributed by atoms with van der Waals surface area (Å²) in [6.45, 7) is 3.40. The van der Waals surface area contributed by atoms with Gasteiger partial charge in [0, 0.05) is 36.1 Å². The van der Waals surface area contributed by atoms with Gasteiger partial charge in [-0.25, -0.2) is 0 Å². The number of benzene rings is 1. The van der Waals surface area contributed by atoms with E-state index >= 15 is 0 Å². The highest BCUT2D eigenvalue weighted by atomic mass is 32.1. The molecule has 1 N–H and O–H groups in total. The predicted molar refractivity (Wildman–Crippen MR) is 116 cm³/mol. The number of aromatic nitrogens is 1. The second-order valence-electron chi connectivity index (χ2n) is 8.17. The van der Waals surface area contributed by atoms with Crippen LogP contribution >= 0.6 is 11.3 Å². The summed E-state index contributed by atoms with van der Waals surface area (Å²) in [7, 11) is 0. The third-order valence-corrected chi connectivity index (χ3v) is 7.05. The summed E-state index contributed by atoms with van der Waals surface area (Å²) >= 11 is 1.54. The summed E-state index contributed by atoms with van der Waals surface area (Å²) in [5.74, 6) is 0.303. The number of carbonyl (C=O) groups excluding carboxylic acids is 2. The van der Waals surface area contributed by atoms with Crippen molar-refractivity contribution in [3.05, 3.63) is 53.0 Å². The lowest BCUT2D eigenvalue weighted by atomic mass is 9.95. The lowest BCUT2D eigenvalue weighted by Gasteiger charge is -2.31. The zero-order chi connectivity index (χ0) is 20.0. The predicted octanol–water partition coefficient (Wildman–Crippen LogP) is 4.13. The highest BCUT2D eigenvalue weighted by Crippen LogP contribution is 2.30. The fourth-order valence-corrected chi connectivity index (χ4v) is 5.24. The molecule has 0 radical (unpaired) electrons. The van der Waals surface area contributed by atoms with Gasteiger partial charge < -0.3 is 14.8 Å². The number of carbonyl (C=O) groups is 2. The maximum absolute atomic E-state index is 13.0. The molecule has 5 nitrogen and oxygen atoms in total. The highest BCUT2D eigenvalue weighted by Gasteiger charge is 2.31. The van der Waals surface area contributed by atoms with Crippen molar-refractivity contribution < 1.29 is 9.59 Å². The number of likely N-dealkylation sites (tertiary alicyclic amines) is 1. The number of para-hydroxylation sites is 1. The van der Waals surface area contributed by atoms with Crippen LogP contribution in [0.15, 0.2) is 42.5 Å². The average molecular weight is 408 g/mol. The van der Waals surface area contributed by atoms with Crippen LogP contribution in [0.5, 0.6) is 0 Å². The molecule has 1 aliphatic heterocycles. The largest absolute Gasteiger partial charge is 0.353 e. The second-order valence-corrected chi connectivity index (χ2v) is 9.23. The Kier molecular flexibility index (Phi) is 4.66. The summed E-state index contributed by atoms with van der Waals surface area (Å²) in [6, 6.07) is 14.9. The van der Waals surface area contributed by atoms with Gasteiger partial charge in [0.05, 0.1) is 10.4 Å². The van der Waals surface area contributed by atoms with Gasteiger partial charge in [-0.3, -0.25) is 9.59 Å². The third kappa shape index (κ3) is 3.57. The molecule has 150 valence electrons. The van der Waals surface area contributed by atoms with Gasteiger partial charge in [-0.1, -0.05) is 18.2 Å². The Hall–Kier alpha value is -2.60. The molecule has 1 saturated heterocycles. The van der Waals surface area contributed by atoms with E-state index < -0.39 is 0 Å². The van der Waals surface area contributed by atoms with E-state index in [0.29, 0.717) is 19.1 Å². The molecule has 0 unspecified atom stereocenters. The number of nitrogens with one attached hydrogen (secondary N) is 1. The Labute approximate surface area is 174 Å². The molecule has 2 amide bonds. The SMILES string of the molecule is Cc1cc2ccccc2n1-c1ccc(C(=O)N2CCC(C(=O)NC3CC3)CC2)s1. The molecule has 1 saturated carbocycles. The number of rotatable bonds is 4. The van der Waals surface area contributed by atoms with Crippen LogP contribution in [0.2, 0.25) is 0 Å². The lowest BCUT2D eigenvalue weighted by Crippen LogP contribution is -2.43. The molecule has 0 spiro atoms. The minimum atomic E-state index is 0.0486. The third-order valence-electron chi connectivity index (χ3n) is 5.99. The zero-order valence-corrected chi connectivity index (χ0v) is 17.4. The highest BCUT2D eigenvalue weighted by molar-refractivity contribution is 7.16. The Bertz CT molecular complexity index is 1070. The normalized spacial score (nSPS) is 17.6. The summed E-state index contributed by atoms with van der Waals surface area (Å²) in [6.07, 6.45) is 3.73. The summed E-state index contributed by atoms with van der Waals surface area (Å²) in [5.41, 5.74) is 2.32. The van der Waals surface area contributed by atoms with Gasteiger partial charge in [0.15, 0.2) is 0 Å². The number of fused-ring (bicyclic) bond motifs is 1. The maximum Gasteiger partial charge on any atom is 0.263 e. The van der Waals surface area contributed by atoms with Gasteiger partial charge in [0.2, 0.25) is 5.91 Å². The number of hydrogen-bond donors (Lipinski definition) is 1. The quantitative estimate of drug-likeness (QED) is 0.707. The average Bonchev–Trinajstić information content (AvgIpc) is 3.30. The molecule has 3 heterocycles. The van der Waals surface area contributed by atoms with Gasteiger partial charge in [0.25, 0.3) is 5.91 Å². The Morgan fingerprint density at radius 2 is 1.79 bits per heavy atom. The number of thiophene rings is 1. The molecular formula is C23H25N3O2S. The van der Waals surface area contributed by atoms with Crippen LogP contribution in [0.25, 0.3) is 15.9 Å². The summed E-state index contributed by atoms with van der Waals surface area (Å²) in [5, 5.41) is 5.36. The molecule has 1 aliphatic carbocycles. The van der Waals surface area contributed by atoms with Crippen LogP contribution in [-0.4, -0.2) is 40.4 Å². The van der Waals surface area contributed by atoms with Gasteiger partial charge in [-0.15, -0.1) is 11.3 Å². The fourth-order valence-electron chi connectivity index (χ4n) is 4.20. The van der Waals surface area contributed by atoms with E-state index in [9.17, 15) is 9.59 Å². The zero-order valence-electron chi connectivity index (χ0n) is 16.6. The smallest absolute Gasteiger partial charge is 0.263 e. The molecule has 2 fully saturated rings. The molecule has 2 aromatic heterocycles. The van der Waals surface area contributed by atoms with E-state index in [1.165, 1.54) is 16.7 Å². The van der Waals surface area contributed by atoms with Crippen molar-refractivity contribution in [1.82, 2.24) is 14.8 Å². The topological polar surface area (TPSA) is 54.3 Å². The van der Waals surface area contributed by atoms with E-state index in [4.69, 9.17) is 0 Å². The van der Waals surface area contributed by atoms with Gasteiger partial charge in [-0.2, -0.15) is 0 Å². The monoisotopic (exact) mass is 407 g/mol. The molecule has 29 heavy (non-hydrogen) atoms. The number of amides is 2. The number of hydrogen-bond acceptors (Lipinski definition) is 3. The van der Waals surface area contributed by atoms with Crippen LogP contribution in [-0.2, 0) is 4.79 Å². The van der Waals surface area contributed by atoms with Crippen LogP contribution in [0.3, 0.4) is 0 Å². The van der Waals surface area contributed by atoms with Crippen LogP contribution in [0, 0.1) is 12.8 Å². The lowest BCUT2D eigenvalue weighted by molar-refractivity contribution is -0.126. The first-order valence-electron chi connectivity index (χ1n) is 10.4. The second kappa shape index (κ2) is 7.34. The first kappa shape index (κ1) is 18.4. The molecule has 5 rings (SSSR count). The number of aryl methyl sites for hydroxylation is 1. The van der Waals surface area contributed by atoms with Gasteiger partial charge >= 0.3 is 0 Å². The van der Waals surface area contributed by atoms with E-state index in [0.717, 1.165) is 46.8 Å². The van der Waals surface area contributed by atoms with E-state index in [1.807, 2.05) is 29.2 Å². The van der Waals surface area contributed by atoms with Crippen LogP contribution < -0.4 is 5.32 Å². The summed E-state index contributed by atoms with van der Waals surface area (Å²) in [4.78, 5) is 27.9. The van der Waals surface area contributed by atoms with Crippen molar-refractivity contribution in [2.75, 3.05) is 13.1 Å². The Morgan fingerprint density at radius 1 is 1.03 bits per heavy atom. The minimum absolute atomic E-state index is 0.0486. The summed E-state index contributed by atoms with van der Waals surface area (Å²) < 4.78 is 2.21. The fraction of sp³-hybridized carbons (Fsp3) is 0.391. The van der Waals surface area contributed by atoms with Crippen molar-refractivity contribution in [3.8, 4) is 5.00 Å². The Morgan fingerprint density at radius 3 is 2.55 bits per heavy atom. The first-order valence-corrected chi connectivity index (χ1v) is 11.2. The first-order chi connectivity index (χ1) is 14.1. The molecule has 6 heteroatoms. The number of nitrogens with zero attached hydrogens (tertiary/aromatic N) is 2. The molecule has 0 bridgehead atoms. The minimum Gasteiger partial charge on any atom is -0.353 e. The molecular weight excluding hydrogens is 382 g/mol. The van der Waals surface area contributed by atoms with Crippen molar-refractivity contribution in [1.29, 1.82) is 0 Å². The van der Waals surface area contributed by atoms with E-state index in [1.54, 1.807) is 0 Å². The number of piperidine rings is 1. The molecule has 3 aromatic rings. The van der Waals surface area contributed by atoms with E-state index in [-0.39, 0.29) is 17.7 Å².